The summed E-state index contributed by atoms with van der Waals surface area (Å²) in [6, 6.07) is 8.95. The van der Waals surface area contributed by atoms with Crippen LogP contribution >= 0.6 is 0 Å². The maximum atomic E-state index is 13.8. The highest BCUT2D eigenvalue weighted by Gasteiger charge is 2.31. The summed E-state index contributed by atoms with van der Waals surface area (Å²) < 4.78 is 55.3. The molecule has 0 radical (unpaired) electrons. The third-order valence-corrected chi connectivity index (χ3v) is 7.19. The van der Waals surface area contributed by atoms with Crippen LogP contribution in [0.3, 0.4) is 0 Å². The van der Waals surface area contributed by atoms with Gasteiger partial charge in [-0.1, -0.05) is 0 Å². The second kappa shape index (κ2) is 11.3. The second-order valence-electron chi connectivity index (χ2n) is 7.51. The van der Waals surface area contributed by atoms with E-state index < -0.39 is 22.5 Å². The molecule has 0 unspecified atom stereocenters. The van der Waals surface area contributed by atoms with Crippen LogP contribution in [-0.2, 0) is 19.6 Å². The largest absolute Gasteiger partial charge is 0.497 e. The van der Waals surface area contributed by atoms with Gasteiger partial charge in [-0.3, -0.25) is 9.10 Å². The van der Waals surface area contributed by atoms with Crippen LogP contribution < -0.4 is 28.6 Å². The zero-order valence-electron chi connectivity index (χ0n) is 19.7. The number of nitrogens with one attached hydrogen (secondary N) is 1. The number of nitrogens with zero attached hydrogens (tertiary/aromatic N) is 1. The highest BCUT2D eigenvalue weighted by atomic mass is 32.2. The van der Waals surface area contributed by atoms with E-state index in [9.17, 15) is 13.2 Å². The molecule has 186 valence electrons. The van der Waals surface area contributed by atoms with Crippen molar-refractivity contribution in [3.8, 4) is 23.0 Å². The molecule has 10 nitrogen and oxygen atoms in total. The first-order valence-corrected chi connectivity index (χ1v) is 12.1. The number of benzene rings is 2. The lowest BCUT2D eigenvalue weighted by Gasteiger charge is -2.26. The van der Waals surface area contributed by atoms with E-state index in [1.165, 1.54) is 52.7 Å². The number of sulfonamides is 1. The molecule has 1 amide bonds. The van der Waals surface area contributed by atoms with Gasteiger partial charge in [0, 0.05) is 25.3 Å². The number of hydrogen-bond donors (Lipinski definition) is 1. The van der Waals surface area contributed by atoms with Crippen LogP contribution in [0.2, 0.25) is 0 Å². The summed E-state index contributed by atoms with van der Waals surface area (Å²) in [5.41, 5.74) is 0.156. The van der Waals surface area contributed by atoms with Crippen molar-refractivity contribution >= 4 is 21.6 Å². The fraction of sp³-hybridized carbons (Fsp3) is 0.435. The van der Waals surface area contributed by atoms with Gasteiger partial charge in [-0.25, -0.2) is 8.42 Å². The number of carbonyl (C=O) groups is 1. The Hall–Kier alpha value is -3.18. The summed E-state index contributed by atoms with van der Waals surface area (Å²) in [4.78, 5) is 12.8. The zero-order valence-corrected chi connectivity index (χ0v) is 20.5. The highest BCUT2D eigenvalue weighted by Crippen LogP contribution is 2.37. The molecule has 0 aromatic heterocycles. The predicted molar refractivity (Wildman–Crippen MR) is 126 cm³/mol. The first-order valence-electron chi connectivity index (χ1n) is 10.7. The molecule has 0 saturated carbocycles. The Morgan fingerprint density at radius 1 is 1.00 bits per heavy atom. The summed E-state index contributed by atoms with van der Waals surface area (Å²) in [6.45, 7) is 0.479. The van der Waals surface area contributed by atoms with Gasteiger partial charge in [0.25, 0.3) is 10.0 Å². The van der Waals surface area contributed by atoms with Gasteiger partial charge in [-0.15, -0.1) is 0 Å². The molecule has 0 spiro atoms. The number of carbonyl (C=O) groups excluding carboxylic acids is 1. The molecule has 34 heavy (non-hydrogen) atoms. The Bertz CT molecular complexity index is 1100. The normalized spacial score (nSPS) is 15.5. The molecule has 0 bridgehead atoms. The molecule has 1 aliphatic heterocycles. The van der Waals surface area contributed by atoms with E-state index in [-0.39, 0.29) is 28.2 Å². The van der Waals surface area contributed by atoms with Crippen molar-refractivity contribution in [2.24, 2.45) is 0 Å². The van der Waals surface area contributed by atoms with Gasteiger partial charge in [0.05, 0.1) is 45.1 Å². The molecule has 1 N–H and O–H groups in total. The summed E-state index contributed by atoms with van der Waals surface area (Å²) in [5, 5.41) is 2.77. The minimum atomic E-state index is -4.23. The van der Waals surface area contributed by atoms with Crippen molar-refractivity contribution in [2.45, 2.75) is 23.8 Å². The van der Waals surface area contributed by atoms with Gasteiger partial charge < -0.3 is 29.0 Å². The quantitative estimate of drug-likeness (QED) is 0.506. The molecule has 2 aromatic carbocycles. The zero-order chi connectivity index (χ0) is 24.7. The van der Waals surface area contributed by atoms with E-state index in [4.69, 9.17) is 23.7 Å². The smallest absolute Gasteiger partial charge is 0.265 e. The van der Waals surface area contributed by atoms with Crippen molar-refractivity contribution in [3.63, 3.8) is 0 Å². The molecule has 1 fully saturated rings. The predicted octanol–water partition coefficient (Wildman–Crippen LogP) is 2.21. The number of anilines is 1. The van der Waals surface area contributed by atoms with Crippen LogP contribution in [-0.4, -0.2) is 68.6 Å². The summed E-state index contributed by atoms with van der Waals surface area (Å²) in [7, 11) is 1.52. The molecule has 0 aliphatic carbocycles. The van der Waals surface area contributed by atoms with Crippen LogP contribution in [0.5, 0.6) is 23.0 Å². The monoisotopic (exact) mass is 494 g/mol. The topological polar surface area (TPSA) is 113 Å². The Morgan fingerprint density at radius 2 is 1.71 bits per heavy atom. The second-order valence-corrected chi connectivity index (χ2v) is 9.37. The van der Waals surface area contributed by atoms with Gasteiger partial charge in [-0.05, 0) is 37.1 Å². The first-order chi connectivity index (χ1) is 16.3. The van der Waals surface area contributed by atoms with Gasteiger partial charge in [0.2, 0.25) is 5.91 Å². The van der Waals surface area contributed by atoms with E-state index >= 15 is 0 Å². The molecule has 1 aliphatic rings. The number of hydrogen-bond acceptors (Lipinski definition) is 8. The minimum Gasteiger partial charge on any atom is -0.497 e. The standard InChI is InChI=1S/C23H30N2O8S/c1-29-16-7-9-20(30-2)19(12-16)25(15-23(26)24-14-17-6-5-11-33-17)34(27,28)18-8-10-21(31-3)22(13-18)32-4/h7-10,12-13,17H,5-6,11,14-15H2,1-4H3,(H,24,26)/t17-/m0/s1. The number of rotatable bonds is 11. The fourth-order valence-corrected chi connectivity index (χ4v) is 5.05. The van der Waals surface area contributed by atoms with Gasteiger partial charge in [0.15, 0.2) is 11.5 Å². The van der Waals surface area contributed by atoms with Crippen LogP contribution in [0.1, 0.15) is 12.8 Å². The molecule has 2 aromatic rings. The van der Waals surface area contributed by atoms with Crippen molar-refractivity contribution in [1.29, 1.82) is 0 Å². The van der Waals surface area contributed by atoms with Crippen molar-refractivity contribution in [3.05, 3.63) is 36.4 Å². The third-order valence-electron chi connectivity index (χ3n) is 5.44. The highest BCUT2D eigenvalue weighted by molar-refractivity contribution is 7.92. The van der Waals surface area contributed by atoms with Crippen LogP contribution in [0.4, 0.5) is 5.69 Å². The Kier molecular flexibility index (Phi) is 8.46. The van der Waals surface area contributed by atoms with E-state index in [0.29, 0.717) is 24.7 Å². The Balaban J connectivity index is 2.01. The number of methoxy groups -OCH3 is 4. The Morgan fingerprint density at radius 3 is 2.32 bits per heavy atom. The van der Waals surface area contributed by atoms with Crippen LogP contribution in [0, 0.1) is 0 Å². The number of amides is 1. The lowest BCUT2D eigenvalue weighted by molar-refractivity contribution is -0.120. The average molecular weight is 495 g/mol. The maximum Gasteiger partial charge on any atom is 0.265 e. The summed E-state index contributed by atoms with van der Waals surface area (Å²) in [5.74, 6) is 0.800. The number of ether oxygens (including phenoxy) is 5. The van der Waals surface area contributed by atoms with Crippen LogP contribution in [0.15, 0.2) is 41.3 Å². The van der Waals surface area contributed by atoms with Gasteiger partial charge in [0.1, 0.15) is 18.0 Å². The van der Waals surface area contributed by atoms with E-state index in [1.807, 2.05) is 0 Å². The maximum absolute atomic E-state index is 13.8. The van der Waals surface area contributed by atoms with E-state index in [2.05, 4.69) is 5.32 Å². The van der Waals surface area contributed by atoms with Crippen LogP contribution in [0.25, 0.3) is 0 Å². The van der Waals surface area contributed by atoms with Crippen molar-refractivity contribution in [1.82, 2.24) is 5.32 Å². The summed E-state index contributed by atoms with van der Waals surface area (Å²) in [6.07, 6.45) is 1.70. The molecular formula is C23H30N2O8S. The lowest BCUT2D eigenvalue weighted by Crippen LogP contribution is -2.43. The average Bonchev–Trinajstić information content (AvgIpc) is 3.38. The minimum absolute atomic E-state index is 0.0776. The molecular weight excluding hydrogens is 464 g/mol. The molecule has 3 rings (SSSR count). The van der Waals surface area contributed by atoms with Crippen molar-refractivity contribution < 1.29 is 36.9 Å². The molecule has 1 atom stereocenters. The SMILES string of the molecule is COc1ccc(OC)c(N(CC(=O)NC[C@@H]2CCCO2)S(=O)(=O)c2ccc(OC)c(OC)c2)c1. The summed E-state index contributed by atoms with van der Waals surface area (Å²) >= 11 is 0. The first kappa shape index (κ1) is 25.4. The van der Waals surface area contributed by atoms with Gasteiger partial charge in [-0.2, -0.15) is 0 Å². The van der Waals surface area contributed by atoms with E-state index in [0.717, 1.165) is 17.1 Å². The Labute approximate surface area is 199 Å². The lowest BCUT2D eigenvalue weighted by atomic mass is 10.2. The van der Waals surface area contributed by atoms with Crippen molar-refractivity contribution in [2.75, 3.05) is 52.4 Å². The molecule has 1 saturated heterocycles. The third kappa shape index (κ3) is 5.65. The molecule has 11 heteroatoms. The van der Waals surface area contributed by atoms with E-state index in [1.54, 1.807) is 12.1 Å². The molecule has 1 heterocycles. The fourth-order valence-electron chi connectivity index (χ4n) is 3.61. The van der Waals surface area contributed by atoms with Gasteiger partial charge >= 0.3 is 0 Å².